The Morgan fingerprint density at radius 2 is 1.89 bits per heavy atom. The van der Waals surface area contributed by atoms with Crippen LogP contribution in [-0.2, 0) is 0 Å². The summed E-state index contributed by atoms with van der Waals surface area (Å²) in [5.41, 5.74) is 0.553. The summed E-state index contributed by atoms with van der Waals surface area (Å²) in [6, 6.07) is 9.15. The molecule has 0 unspecified atom stereocenters. The van der Waals surface area contributed by atoms with Gasteiger partial charge in [0.15, 0.2) is 0 Å². The molecule has 0 spiro atoms. The van der Waals surface area contributed by atoms with Crippen LogP contribution in [0, 0.1) is 0 Å². The zero-order valence-electron chi connectivity index (χ0n) is 9.63. The average molecular weight is 277 g/mol. The van der Waals surface area contributed by atoms with Gasteiger partial charge in [0, 0.05) is 6.20 Å². The van der Waals surface area contributed by atoms with Gasteiger partial charge in [-0.15, -0.1) is 0 Å². The van der Waals surface area contributed by atoms with E-state index in [0.29, 0.717) is 5.56 Å². The normalized spacial score (nSPS) is 9.95. The number of nitrogens with one attached hydrogen (secondary N) is 1. The number of carboxylic acid groups (broad SMARTS) is 1. The fraction of sp³-hybridized carbons (Fsp3) is 0. The Hall–Kier alpha value is -2.40. The van der Waals surface area contributed by atoms with Crippen LogP contribution < -0.4 is 5.32 Å². The number of para-hydroxylation sites is 1. The predicted octanol–water partition coefficient (Wildman–Crippen LogP) is 2.69. The lowest BCUT2D eigenvalue weighted by Gasteiger charge is -2.07. The van der Waals surface area contributed by atoms with Crippen LogP contribution in [-0.4, -0.2) is 22.0 Å². The Bertz CT molecular complexity index is 626. The maximum atomic E-state index is 11.9. The molecule has 1 aromatic carbocycles. The molecule has 0 fully saturated rings. The van der Waals surface area contributed by atoms with Crippen molar-refractivity contribution in [2.24, 2.45) is 0 Å². The Morgan fingerprint density at radius 3 is 2.53 bits per heavy atom. The van der Waals surface area contributed by atoms with Gasteiger partial charge >= 0.3 is 5.97 Å². The molecule has 0 radical (unpaired) electrons. The molecule has 1 aromatic heterocycles. The van der Waals surface area contributed by atoms with Crippen LogP contribution in [0.15, 0.2) is 42.6 Å². The minimum Gasteiger partial charge on any atom is -0.478 e. The lowest BCUT2D eigenvalue weighted by Crippen LogP contribution is -2.14. The predicted molar refractivity (Wildman–Crippen MR) is 70.6 cm³/mol. The summed E-state index contributed by atoms with van der Waals surface area (Å²) in [6.45, 7) is 0. The Kier molecular flexibility index (Phi) is 3.77. The van der Waals surface area contributed by atoms with Crippen LogP contribution in [0.25, 0.3) is 0 Å². The maximum absolute atomic E-state index is 11.9. The van der Waals surface area contributed by atoms with E-state index in [9.17, 15) is 9.59 Å². The molecule has 0 aliphatic rings. The number of hydrogen-bond acceptors (Lipinski definition) is 3. The van der Waals surface area contributed by atoms with E-state index in [0.717, 1.165) is 0 Å². The smallest absolute Gasteiger partial charge is 0.337 e. The number of amides is 1. The molecular weight excluding hydrogens is 268 g/mol. The zero-order chi connectivity index (χ0) is 13.8. The van der Waals surface area contributed by atoms with Crippen molar-refractivity contribution in [1.29, 1.82) is 0 Å². The molecule has 0 atom stereocenters. The summed E-state index contributed by atoms with van der Waals surface area (Å²) in [7, 11) is 0. The van der Waals surface area contributed by atoms with Gasteiger partial charge in [0.05, 0.1) is 16.8 Å². The number of pyridine rings is 1. The number of aromatic nitrogens is 1. The molecule has 0 bridgehead atoms. The SMILES string of the molecule is O=C(Nc1ccccc1C(=O)O)c1ccc(Cl)nc1. The second-order valence-corrected chi connectivity index (χ2v) is 4.06. The Morgan fingerprint density at radius 1 is 1.16 bits per heavy atom. The molecule has 0 aliphatic carbocycles. The lowest BCUT2D eigenvalue weighted by molar-refractivity contribution is 0.0698. The van der Waals surface area contributed by atoms with E-state index in [1.165, 1.54) is 30.5 Å². The number of anilines is 1. The van der Waals surface area contributed by atoms with Gasteiger partial charge in [-0.3, -0.25) is 4.79 Å². The summed E-state index contributed by atoms with van der Waals surface area (Å²) >= 11 is 5.62. The summed E-state index contributed by atoms with van der Waals surface area (Å²) in [6.07, 6.45) is 1.32. The minimum absolute atomic E-state index is 0.0257. The number of benzene rings is 1. The molecule has 0 saturated carbocycles. The van der Waals surface area contributed by atoms with E-state index in [1.54, 1.807) is 12.1 Å². The first-order valence-corrected chi connectivity index (χ1v) is 5.71. The fourth-order valence-electron chi connectivity index (χ4n) is 1.48. The largest absolute Gasteiger partial charge is 0.478 e. The first kappa shape index (κ1) is 13.0. The van der Waals surface area contributed by atoms with Crippen LogP contribution in [0.4, 0.5) is 5.69 Å². The van der Waals surface area contributed by atoms with Crippen LogP contribution >= 0.6 is 11.6 Å². The number of halogens is 1. The summed E-state index contributed by atoms with van der Waals surface area (Å²) in [4.78, 5) is 26.7. The van der Waals surface area contributed by atoms with E-state index in [4.69, 9.17) is 16.7 Å². The second-order valence-electron chi connectivity index (χ2n) is 3.67. The average Bonchev–Trinajstić information content (AvgIpc) is 2.39. The molecule has 0 saturated heterocycles. The molecule has 19 heavy (non-hydrogen) atoms. The van der Waals surface area contributed by atoms with Crippen LogP contribution in [0.3, 0.4) is 0 Å². The number of aromatic carboxylic acids is 1. The van der Waals surface area contributed by atoms with E-state index in [2.05, 4.69) is 10.3 Å². The third-order valence-corrected chi connectivity index (χ3v) is 2.62. The molecule has 6 heteroatoms. The second kappa shape index (κ2) is 5.49. The van der Waals surface area contributed by atoms with Crippen molar-refractivity contribution in [3.8, 4) is 0 Å². The van der Waals surface area contributed by atoms with Gasteiger partial charge in [-0.2, -0.15) is 0 Å². The summed E-state index contributed by atoms with van der Waals surface area (Å²) < 4.78 is 0. The molecule has 2 rings (SSSR count). The third-order valence-electron chi connectivity index (χ3n) is 2.40. The molecule has 1 amide bonds. The van der Waals surface area contributed by atoms with Crippen LogP contribution in [0.2, 0.25) is 5.15 Å². The van der Waals surface area contributed by atoms with Crippen LogP contribution in [0.1, 0.15) is 20.7 Å². The topological polar surface area (TPSA) is 79.3 Å². The third kappa shape index (κ3) is 3.08. The number of carboxylic acids is 1. The lowest BCUT2D eigenvalue weighted by atomic mass is 10.1. The Balaban J connectivity index is 2.24. The van der Waals surface area contributed by atoms with E-state index >= 15 is 0 Å². The number of carbonyl (C=O) groups excluding carboxylic acids is 1. The van der Waals surface area contributed by atoms with Crippen molar-refractivity contribution < 1.29 is 14.7 Å². The number of nitrogens with zero attached hydrogens (tertiary/aromatic N) is 1. The number of hydrogen-bond donors (Lipinski definition) is 2. The van der Waals surface area contributed by atoms with Gasteiger partial charge in [0.25, 0.3) is 5.91 Å². The fourth-order valence-corrected chi connectivity index (χ4v) is 1.60. The highest BCUT2D eigenvalue weighted by Gasteiger charge is 2.12. The monoisotopic (exact) mass is 276 g/mol. The van der Waals surface area contributed by atoms with Crippen molar-refractivity contribution in [3.63, 3.8) is 0 Å². The summed E-state index contributed by atoms with van der Waals surface area (Å²) in [5, 5.41) is 11.8. The highest BCUT2D eigenvalue weighted by molar-refractivity contribution is 6.29. The van der Waals surface area contributed by atoms with Gasteiger partial charge in [-0.1, -0.05) is 23.7 Å². The highest BCUT2D eigenvalue weighted by Crippen LogP contribution is 2.16. The van der Waals surface area contributed by atoms with Crippen molar-refractivity contribution in [2.45, 2.75) is 0 Å². The van der Waals surface area contributed by atoms with Gasteiger partial charge < -0.3 is 10.4 Å². The van der Waals surface area contributed by atoms with Gasteiger partial charge in [0.2, 0.25) is 0 Å². The molecule has 96 valence electrons. The quantitative estimate of drug-likeness (QED) is 0.845. The number of carbonyl (C=O) groups is 2. The van der Waals surface area contributed by atoms with E-state index in [-0.39, 0.29) is 16.4 Å². The van der Waals surface area contributed by atoms with Crippen molar-refractivity contribution >= 4 is 29.2 Å². The van der Waals surface area contributed by atoms with Crippen LogP contribution in [0.5, 0.6) is 0 Å². The van der Waals surface area contributed by atoms with Crippen molar-refractivity contribution in [3.05, 3.63) is 58.9 Å². The Labute approximate surface area is 113 Å². The molecule has 5 nitrogen and oxygen atoms in total. The summed E-state index contributed by atoms with van der Waals surface area (Å²) in [5.74, 6) is -1.55. The van der Waals surface area contributed by atoms with Gasteiger partial charge in [-0.25, -0.2) is 9.78 Å². The van der Waals surface area contributed by atoms with E-state index < -0.39 is 11.9 Å². The zero-order valence-corrected chi connectivity index (χ0v) is 10.4. The highest BCUT2D eigenvalue weighted by atomic mass is 35.5. The molecular formula is C13H9ClN2O3. The minimum atomic E-state index is -1.11. The number of rotatable bonds is 3. The molecule has 2 N–H and O–H groups in total. The molecule has 2 aromatic rings. The molecule has 1 heterocycles. The van der Waals surface area contributed by atoms with Gasteiger partial charge in [0.1, 0.15) is 5.15 Å². The van der Waals surface area contributed by atoms with Gasteiger partial charge in [-0.05, 0) is 24.3 Å². The van der Waals surface area contributed by atoms with Crippen molar-refractivity contribution in [1.82, 2.24) is 4.98 Å². The molecule has 0 aliphatic heterocycles. The van der Waals surface area contributed by atoms with Crippen molar-refractivity contribution in [2.75, 3.05) is 5.32 Å². The first-order chi connectivity index (χ1) is 9.08. The standard InChI is InChI=1S/C13H9ClN2O3/c14-11-6-5-8(7-15-11)12(17)16-10-4-2-1-3-9(10)13(18)19/h1-7H,(H,16,17)(H,18,19). The van der Waals surface area contributed by atoms with E-state index in [1.807, 2.05) is 0 Å². The first-order valence-electron chi connectivity index (χ1n) is 5.33. The maximum Gasteiger partial charge on any atom is 0.337 e.